The standard InChI is InChI=1S/C11H22N2O/c1-3-4-5-9-13-11(10-14-2)7-6-8-12/h11,13H,5-10,12H2,1-2H3. The van der Waals surface area contributed by atoms with Crippen LogP contribution < -0.4 is 11.1 Å². The summed E-state index contributed by atoms with van der Waals surface area (Å²) in [5.41, 5.74) is 5.46. The molecule has 0 bridgehead atoms. The minimum Gasteiger partial charge on any atom is -0.383 e. The second-order valence-corrected chi connectivity index (χ2v) is 3.21. The van der Waals surface area contributed by atoms with E-state index in [9.17, 15) is 0 Å². The highest BCUT2D eigenvalue weighted by Gasteiger charge is 2.05. The molecule has 3 nitrogen and oxygen atoms in total. The molecular weight excluding hydrogens is 176 g/mol. The molecule has 0 saturated heterocycles. The Balaban J connectivity index is 3.53. The maximum Gasteiger partial charge on any atom is 0.0615 e. The van der Waals surface area contributed by atoms with Gasteiger partial charge in [0, 0.05) is 26.1 Å². The molecule has 0 aromatic heterocycles. The van der Waals surface area contributed by atoms with Crippen LogP contribution in [0.4, 0.5) is 0 Å². The summed E-state index contributed by atoms with van der Waals surface area (Å²) in [6, 6.07) is 0.419. The summed E-state index contributed by atoms with van der Waals surface area (Å²) in [6.07, 6.45) is 3.02. The van der Waals surface area contributed by atoms with Crippen molar-refractivity contribution in [2.45, 2.75) is 32.2 Å². The predicted molar refractivity (Wildman–Crippen MR) is 60.0 cm³/mol. The molecule has 0 rings (SSSR count). The predicted octanol–water partition coefficient (Wildman–Crippen LogP) is 0.743. The SMILES string of the molecule is CC#CCCNC(CCCN)COC. The first-order valence-electron chi connectivity index (χ1n) is 5.17. The number of methoxy groups -OCH3 is 1. The molecule has 0 aliphatic rings. The summed E-state index contributed by atoms with van der Waals surface area (Å²) in [6.45, 7) is 4.29. The van der Waals surface area contributed by atoms with E-state index in [4.69, 9.17) is 10.5 Å². The van der Waals surface area contributed by atoms with Gasteiger partial charge in [0.25, 0.3) is 0 Å². The van der Waals surface area contributed by atoms with E-state index in [1.54, 1.807) is 7.11 Å². The van der Waals surface area contributed by atoms with Crippen LogP contribution in [0, 0.1) is 11.8 Å². The van der Waals surface area contributed by atoms with E-state index < -0.39 is 0 Å². The van der Waals surface area contributed by atoms with Gasteiger partial charge in [-0.1, -0.05) is 0 Å². The van der Waals surface area contributed by atoms with Gasteiger partial charge in [-0.15, -0.1) is 11.8 Å². The number of hydrogen-bond donors (Lipinski definition) is 2. The Morgan fingerprint density at radius 1 is 1.50 bits per heavy atom. The van der Waals surface area contributed by atoms with Gasteiger partial charge in [-0.25, -0.2) is 0 Å². The van der Waals surface area contributed by atoms with Gasteiger partial charge in [0.2, 0.25) is 0 Å². The van der Waals surface area contributed by atoms with E-state index in [1.165, 1.54) is 0 Å². The molecule has 0 aromatic rings. The molecule has 14 heavy (non-hydrogen) atoms. The van der Waals surface area contributed by atoms with E-state index >= 15 is 0 Å². The van der Waals surface area contributed by atoms with Crippen LogP contribution in [-0.4, -0.2) is 32.8 Å². The third-order valence-corrected chi connectivity index (χ3v) is 1.98. The molecule has 82 valence electrons. The van der Waals surface area contributed by atoms with Crippen LogP contribution in [0.15, 0.2) is 0 Å². The smallest absolute Gasteiger partial charge is 0.0615 e. The number of nitrogens with two attached hydrogens (primary N) is 1. The van der Waals surface area contributed by atoms with Crippen molar-refractivity contribution in [1.29, 1.82) is 0 Å². The fourth-order valence-electron chi connectivity index (χ4n) is 1.27. The summed E-state index contributed by atoms with van der Waals surface area (Å²) < 4.78 is 5.12. The van der Waals surface area contributed by atoms with Crippen molar-refractivity contribution in [3.05, 3.63) is 0 Å². The van der Waals surface area contributed by atoms with Gasteiger partial charge in [0.1, 0.15) is 0 Å². The van der Waals surface area contributed by atoms with Gasteiger partial charge >= 0.3 is 0 Å². The zero-order chi connectivity index (χ0) is 10.6. The average Bonchev–Trinajstić information content (AvgIpc) is 2.20. The normalized spacial score (nSPS) is 11.9. The van der Waals surface area contributed by atoms with E-state index in [0.29, 0.717) is 6.04 Å². The molecule has 0 aromatic carbocycles. The molecule has 0 radical (unpaired) electrons. The highest BCUT2D eigenvalue weighted by Crippen LogP contribution is 1.96. The summed E-state index contributed by atoms with van der Waals surface area (Å²) in [5, 5.41) is 3.41. The quantitative estimate of drug-likeness (QED) is 0.447. The number of rotatable bonds is 8. The average molecular weight is 198 g/mol. The van der Waals surface area contributed by atoms with Crippen molar-refractivity contribution in [2.75, 3.05) is 26.8 Å². The van der Waals surface area contributed by atoms with E-state index in [-0.39, 0.29) is 0 Å². The summed E-state index contributed by atoms with van der Waals surface area (Å²) in [7, 11) is 1.73. The molecule has 0 amide bonds. The van der Waals surface area contributed by atoms with Gasteiger partial charge in [0.15, 0.2) is 0 Å². The number of hydrogen-bond acceptors (Lipinski definition) is 3. The van der Waals surface area contributed by atoms with Crippen molar-refractivity contribution in [1.82, 2.24) is 5.32 Å². The first-order valence-corrected chi connectivity index (χ1v) is 5.17. The van der Waals surface area contributed by atoms with Gasteiger partial charge in [-0.05, 0) is 26.3 Å². The van der Waals surface area contributed by atoms with Crippen LogP contribution in [-0.2, 0) is 4.74 Å². The fraction of sp³-hybridized carbons (Fsp3) is 0.818. The minimum absolute atomic E-state index is 0.419. The lowest BCUT2D eigenvalue weighted by atomic mass is 10.1. The Bertz CT molecular complexity index is 172. The molecule has 0 saturated carbocycles. The zero-order valence-corrected chi connectivity index (χ0v) is 9.31. The molecular formula is C11H22N2O. The van der Waals surface area contributed by atoms with Gasteiger partial charge < -0.3 is 15.8 Å². The molecule has 1 unspecified atom stereocenters. The Kier molecular flexibility index (Phi) is 10.1. The van der Waals surface area contributed by atoms with Crippen LogP contribution in [0.5, 0.6) is 0 Å². The number of ether oxygens (including phenoxy) is 1. The highest BCUT2D eigenvalue weighted by molar-refractivity contribution is 4.95. The minimum atomic E-state index is 0.419. The van der Waals surface area contributed by atoms with Crippen molar-refractivity contribution < 1.29 is 4.74 Å². The Hall–Kier alpha value is -0.560. The van der Waals surface area contributed by atoms with E-state index in [0.717, 1.165) is 39.0 Å². The van der Waals surface area contributed by atoms with Crippen molar-refractivity contribution in [3.63, 3.8) is 0 Å². The Morgan fingerprint density at radius 2 is 2.29 bits per heavy atom. The second kappa shape index (κ2) is 10.5. The topological polar surface area (TPSA) is 47.3 Å². The van der Waals surface area contributed by atoms with Crippen LogP contribution in [0.3, 0.4) is 0 Å². The maximum atomic E-state index is 5.46. The van der Waals surface area contributed by atoms with Crippen LogP contribution >= 0.6 is 0 Å². The maximum absolute atomic E-state index is 5.46. The fourth-order valence-corrected chi connectivity index (χ4v) is 1.27. The third kappa shape index (κ3) is 8.06. The molecule has 0 aliphatic carbocycles. The first-order chi connectivity index (χ1) is 6.85. The lowest BCUT2D eigenvalue weighted by molar-refractivity contribution is 0.162. The van der Waals surface area contributed by atoms with Crippen molar-refractivity contribution >= 4 is 0 Å². The second-order valence-electron chi connectivity index (χ2n) is 3.21. The van der Waals surface area contributed by atoms with Gasteiger partial charge in [-0.2, -0.15) is 0 Å². The van der Waals surface area contributed by atoms with E-state index in [2.05, 4.69) is 17.2 Å². The molecule has 0 heterocycles. The van der Waals surface area contributed by atoms with Crippen LogP contribution in [0.1, 0.15) is 26.2 Å². The van der Waals surface area contributed by atoms with Crippen LogP contribution in [0.25, 0.3) is 0 Å². The van der Waals surface area contributed by atoms with E-state index in [1.807, 2.05) is 6.92 Å². The Labute approximate surface area is 87.4 Å². The zero-order valence-electron chi connectivity index (χ0n) is 9.31. The number of nitrogens with one attached hydrogen (secondary N) is 1. The first kappa shape index (κ1) is 13.4. The molecule has 0 spiro atoms. The lowest BCUT2D eigenvalue weighted by Gasteiger charge is -2.16. The Morgan fingerprint density at radius 3 is 2.86 bits per heavy atom. The van der Waals surface area contributed by atoms with Crippen LogP contribution in [0.2, 0.25) is 0 Å². The highest BCUT2D eigenvalue weighted by atomic mass is 16.5. The van der Waals surface area contributed by atoms with Crippen molar-refractivity contribution in [3.8, 4) is 11.8 Å². The van der Waals surface area contributed by atoms with Gasteiger partial charge in [-0.3, -0.25) is 0 Å². The molecule has 0 fully saturated rings. The van der Waals surface area contributed by atoms with Gasteiger partial charge in [0.05, 0.1) is 6.61 Å². The molecule has 1 atom stereocenters. The van der Waals surface area contributed by atoms with Crippen molar-refractivity contribution in [2.24, 2.45) is 5.73 Å². The molecule has 0 aliphatic heterocycles. The third-order valence-electron chi connectivity index (χ3n) is 1.98. The largest absolute Gasteiger partial charge is 0.383 e. The molecule has 3 N–H and O–H groups in total. The summed E-state index contributed by atoms with van der Waals surface area (Å²) in [4.78, 5) is 0. The summed E-state index contributed by atoms with van der Waals surface area (Å²) in [5.74, 6) is 5.90. The summed E-state index contributed by atoms with van der Waals surface area (Å²) >= 11 is 0. The molecule has 3 heteroatoms. The monoisotopic (exact) mass is 198 g/mol. The lowest BCUT2D eigenvalue weighted by Crippen LogP contribution is -2.34.